The van der Waals surface area contributed by atoms with Gasteiger partial charge in [-0.05, 0) is 42.5 Å². The molecule has 2 atom stereocenters. The van der Waals surface area contributed by atoms with E-state index in [2.05, 4.69) is 5.32 Å². The van der Waals surface area contributed by atoms with Crippen molar-refractivity contribution in [1.29, 1.82) is 0 Å². The molecule has 184 valence electrons. The predicted molar refractivity (Wildman–Crippen MR) is 111 cm³/mol. The van der Waals surface area contributed by atoms with Crippen LogP contribution in [0.1, 0.15) is 12.0 Å². The standard InChI is InChI=1S/C21H20F5N3O4S/c22-15-4-6-17(7-5-15)34(31,32)29-10-11-33-20(29)8-9-28(13-18(20)23)19(30)27-16-3-1-2-14(12-16)21(24,25)26/h1-7,12,18H,8-11,13H2,(H,27,30). The van der Waals surface area contributed by atoms with Gasteiger partial charge in [0.2, 0.25) is 10.0 Å². The van der Waals surface area contributed by atoms with E-state index >= 15 is 4.39 Å². The number of anilines is 1. The van der Waals surface area contributed by atoms with E-state index in [1.54, 1.807) is 0 Å². The molecule has 0 aromatic heterocycles. The van der Waals surface area contributed by atoms with Gasteiger partial charge < -0.3 is 15.0 Å². The highest BCUT2D eigenvalue weighted by Gasteiger charge is 2.57. The van der Waals surface area contributed by atoms with Crippen molar-refractivity contribution < 1.29 is 39.9 Å². The minimum atomic E-state index is -4.60. The van der Waals surface area contributed by atoms with Crippen LogP contribution in [0.4, 0.5) is 32.4 Å². The first-order valence-electron chi connectivity index (χ1n) is 10.2. The summed E-state index contributed by atoms with van der Waals surface area (Å²) < 4.78 is 100.0. The van der Waals surface area contributed by atoms with E-state index in [1.165, 1.54) is 6.07 Å². The van der Waals surface area contributed by atoms with Crippen molar-refractivity contribution in [2.75, 3.05) is 31.6 Å². The van der Waals surface area contributed by atoms with Crippen LogP contribution in [-0.2, 0) is 20.9 Å². The van der Waals surface area contributed by atoms with Crippen LogP contribution in [0.5, 0.6) is 0 Å². The Kier molecular flexibility index (Phi) is 6.29. The van der Waals surface area contributed by atoms with Gasteiger partial charge in [-0.3, -0.25) is 0 Å². The van der Waals surface area contributed by atoms with E-state index in [9.17, 15) is 30.8 Å². The zero-order valence-corrected chi connectivity index (χ0v) is 18.4. The van der Waals surface area contributed by atoms with Gasteiger partial charge in [0.05, 0.1) is 23.6 Å². The van der Waals surface area contributed by atoms with Crippen molar-refractivity contribution in [3.05, 3.63) is 59.9 Å². The van der Waals surface area contributed by atoms with E-state index in [0.29, 0.717) is 0 Å². The number of nitrogens with one attached hydrogen (secondary N) is 1. The number of carbonyl (C=O) groups excluding carboxylic acids is 1. The molecule has 4 rings (SSSR count). The van der Waals surface area contributed by atoms with Crippen LogP contribution in [0.2, 0.25) is 0 Å². The molecule has 1 N–H and O–H groups in total. The van der Waals surface area contributed by atoms with Gasteiger partial charge in [-0.25, -0.2) is 22.0 Å². The van der Waals surface area contributed by atoms with Gasteiger partial charge in [0.15, 0.2) is 11.9 Å². The number of alkyl halides is 4. The second-order valence-corrected chi connectivity index (χ2v) is 9.76. The van der Waals surface area contributed by atoms with E-state index in [4.69, 9.17) is 4.74 Å². The van der Waals surface area contributed by atoms with Crippen LogP contribution < -0.4 is 5.32 Å². The molecule has 1 spiro atoms. The Morgan fingerprint density at radius 2 is 1.82 bits per heavy atom. The molecule has 2 aromatic rings. The summed E-state index contributed by atoms with van der Waals surface area (Å²) in [6.07, 6.45) is -6.74. The van der Waals surface area contributed by atoms with E-state index in [-0.39, 0.29) is 36.7 Å². The van der Waals surface area contributed by atoms with E-state index in [0.717, 1.165) is 51.7 Å². The molecule has 2 aromatic carbocycles. The number of ether oxygens (including phenoxy) is 1. The highest BCUT2D eigenvalue weighted by atomic mass is 32.2. The third kappa shape index (κ3) is 4.46. The van der Waals surface area contributed by atoms with Gasteiger partial charge in [-0.2, -0.15) is 17.5 Å². The molecule has 2 saturated heterocycles. The fourth-order valence-corrected chi connectivity index (χ4v) is 5.82. The van der Waals surface area contributed by atoms with Crippen molar-refractivity contribution in [3.63, 3.8) is 0 Å². The summed E-state index contributed by atoms with van der Waals surface area (Å²) in [6, 6.07) is 7.27. The lowest BCUT2D eigenvalue weighted by Gasteiger charge is -2.44. The van der Waals surface area contributed by atoms with Crippen LogP contribution in [0.15, 0.2) is 53.4 Å². The number of benzene rings is 2. The third-order valence-electron chi connectivity index (χ3n) is 5.81. The Balaban J connectivity index is 1.49. The third-order valence-corrected chi connectivity index (χ3v) is 7.75. The largest absolute Gasteiger partial charge is 0.416 e. The monoisotopic (exact) mass is 505 g/mol. The van der Waals surface area contributed by atoms with Gasteiger partial charge in [0.25, 0.3) is 0 Å². The number of urea groups is 1. The minimum absolute atomic E-state index is 0.0721. The SMILES string of the molecule is O=C(Nc1cccc(C(F)(F)F)c1)N1CCC2(OCCN2S(=O)(=O)c2ccc(F)cc2)C(F)C1. The number of nitrogens with zero attached hydrogens (tertiary/aromatic N) is 2. The fraction of sp³-hybridized carbons (Fsp3) is 0.381. The van der Waals surface area contributed by atoms with Crippen LogP contribution in [0, 0.1) is 5.82 Å². The lowest BCUT2D eigenvalue weighted by atomic mass is 9.99. The number of hydrogen-bond donors (Lipinski definition) is 1. The Labute approximate surface area is 192 Å². The average Bonchev–Trinajstić information content (AvgIpc) is 3.21. The number of amides is 2. The Morgan fingerprint density at radius 1 is 1.12 bits per heavy atom. The van der Waals surface area contributed by atoms with Gasteiger partial charge in [0, 0.05) is 25.2 Å². The van der Waals surface area contributed by atoms with Crippen molar-refractivity contribution in [2.45, 2.75) is 29.4 Å². The summed E-state index contributed by atoms with van der Waals surface area (Å²) in [7, 11) is -4.23. The maximum atomic E-state index is 15.4. The van der Waals surface area contributed by atoms with Crippen LogP contribution >= 0.6 is 0 Å². The first kappa shape index (κ1) is 24.4. The number of rotatable bonds is 3. The summed E-state index contributed by atoms with van der Waals surface area (Å²) in [6.45, 7) is -0.852. The number of piperidine rings is 1. The average molecular weight is 505 g/mol. The summed E-state index contributed by atoms with van der Waals surface area (Å²) >= 11 is 0. The molecule has 2 amide bonds. The molecule has 2 fully saturated rings. The molecule has 13 heteroatoms. The summed E-state index contributed by atoms with van der Waals surface area (Å²) in [5.74, 6) is -0.630. The Bertz CT molecular complexity index is 1180. The molecule has 0 bridgehead atoms. The van der Waals surface area contributed by atoms with Crippen molar-refractivity contribution >= 4 is 21.7 Å². The second-order valence-electron chi connectivity index (χ2n) is 7.90. The predicted octanol–water partition coefficient (Wildman–Crippen LogP) is 3.84. The van der Waals surface area contributed by atoms with Crippen molar-refractivity contribution in [1.82, 2.24) is 9.21 Å². The Morgan fingerprint density at radius 3 is 2.47 bits per heavy atom. The minimum Gasteiger partial charge on any atom is -0.355 e. The van der Waals surface area contributed by atoms with Crippen LogP contribution in [0.3, 0.4) is 0 Å². The topological polar surface area (TPSA) is 79.0 Å². The fourth-order valence-electron chi connectivity index (χ4n) is 4.11. The molecular formula is C21H20F5N3O4S. The quantitative estimate of drug-likeness (QED) is 0.644. The molecule has 0 saturated carbocycles. The molecular weight excluding hydrogens is 485 g/mol. The molecule has 2 heterocycles. The Hall–Kier alpha value is -2.77. The maximum absolute atomic E-state index is 15.4. The zero-order valence-electron chi connectivity index (χ0n) is 17.6. The van der Waals surface area contributed by atoms with Gasteiger partial charge in [-0.15, -0.1) is 0 Å². The lowest BCUT2D eigenvalue weighted by molar-refractivity contribution is -0.137. The first-order valence-corrected chi connectivity index (χ1v) is 11.7. The van der Waals surface area contributed by atoms with Gasteiger partial charge in [-0.1, -0.05) is 6.07 Å². The number of hydrogen-bond acceptors (Lipinski definition) is 4. The first-order chi connectivity index (χ1) is 15.9. The molecule has 2 aliphatic rings. The van der Waals surface area contributed by atoms with Crippen molar-refractivity contribution in [2.24, 2.45) is 0 Å². The van der Waals surface area contributed by atoms with Crippen molar-refractivity contribution in [3.8, 4) is 0 Å². The zero-order chi connectivity index (χ0) is 24.7. The molecule has 34 heavy (non-hydrogen) atoms. The number of likely N-dealkylation sites (tertiary alicyclic amines) is 1. The van der Waals surface area contributed by atoms with Gasteiger partial charge in [0.1, 0.15) is 5.82 Å². The second kappa shape index (κ2) is 8.78. The highest BCUT2D eigenvalue weighted by Crippen LogP contribution is 2.40. The van der Waals surface area contributed by atoms with Crippen LogP contribution in [0.25, 0.3) is 0 Å². The normalized spacial score (nSPS) is 23.9. The molecule has 2 aliphatic heterocycles. The molecule has 0 aliphatic carbocycles. The van der Waals surface area contributed by atoms with Gasteiger partial charge >= 0.3 is 12.2 Å². The number of halogens is 5. The maximum Gasteiger partial charge on any atom is 0.416 e. The molecule has 7 nitrogen and oxygen atoms in total. The lowest BCUT2D eigenvalue weighted by Crippen LogP contribution is -2.63. The summed E-state index contributed by atoms with van der Waals surface area (Å²) in [5.41, 5.74) is -2.92. The highest BCUT2D eigenvalue weighted by molar-refractivity contribution is 7.89. The summed E-state index contributed by atoms with van der Waals surface area (Å²) in [5, 5.41) is 2.31. The molecule has 0 radical (unpaired) electrons. The van der Waals surface area contributed by atoms with Crippen LogP contribution in [-0.4, -0.2) is 61.8 Å². The number of carbonyl (C=O) groups is 1. The summed E-state index contributed by atoms with van der Waals surface area (Å²) in [4.78, 5) is 13.4. The molecule has 2 unspecified atom stereocenters. The van der Waals surface area contributed by atoms with E-state index in [1.807, 2.05) is 0 Å². The number of sulfonamides is 1. The smallest absolute Gasteiger partial charge is 0.355 e. The van der Waals surface area contributed by atoms with E-state index < -0.39 is 52.1 Å².